The number of hydrogen-bond donors (Lipinski definition) is 3. The first kappa shape index (κ1) is 22.3. The van der Waals surface area contributed by atoms with Crippen molar-refractivity contribution in [2.45, 2.75) is 25.9 Å². The number of phenols is 2. The fourth-order valence-corrected chi connectivity index (χ4v) is 5.24. The Morgan fingerprint density at radius 3 is 2.41 bits per heavy atom. The first-order valence-electron chi connectivity index (χ1n) is 10.8. The summed E-state index contributed by atoms with van der Waals surface area (Å²) < 4.78 is 1.98. The van der Waals surface area contributed by atoms with Crippen molar-refractivity contribution in [2.24, 2.45) is 0 Å². The van der Waals surface area contributed by atoms with E-state index in [0.29, 0.717) is 21.5 Å². The van der Waals surface area contributed by atoms with Crippen LogP contribution in [-0.2, 0) is 0 Å². The molecule has 2 unspecified atom stereocenters. The molecule has 2 aromatic carbocycles. The Hall–Kier alpha value is -3.55. The van der Waals surface area contributed by atoms with Gasteiger partial charge in [-0.25, -0.2) is 0 Å². The number of aryl methyl sites for hydroxylation is 1. The molecule has 2 aromatic heterocycles. The Morgan fingerprint density at radius 2 is 1.68 bits per heavy atom. The van der Waals surface area contributed by atoms with E-state index < -0.39 is 0 Å². The number of phenolic OH excluding ortho intramolecular Hbond substituents is 2. The molecule has 1 aliphatic rings. The standard InChI is InChI=1S/C26H23ClN4O2S/c1-15-13-18(16(2)30(15)21-14-17(27)10-11-23(21)33)25-24(19-7-5-6-12-28-19)29-26(34)31(25)20-8-3-4-9-22(20)32/h3-14,24-25,32-33H,1-2H3,(H,29,34). The molecule has 1 fully saturated rings. The van der Waals surface area contributed by atoms with Crippen molar-refractivity contribution in [3.05, 3.63) is 101 Å². The van der Waals surface area contributed by atoms with E-state index in [2.05, 4.69) is 16.4 Å². The van der Waals surface area contributed by atoms with E-state index >= 15 is 0 Å². The lowest BCUT2D eigenvalue weighted by Gasteiger charge is -2.28. The molecule has 0 amide bonds. The lowest BCUT2D eigenvalue weighted by molar-refractivity contribution is 0.471. The monoisotopic (exact) mass is 490 g/mol. The minimum Gasteiger partial charge on any atom is -0.506 e. The Kier molecular flexibility index (Phi) is 5.67. The summed E-state index contributed by atoms with van der Waals surface area (Å²) in [4.78, 5) is 6.53. The number of nitrogens with zero attached hydrogens (tertiary/aromatic N) is 3. The van der Waals surface area contributed by atoms with E-state index in [-0.39, 0.29) is 23.6 Å². The third kappa shape index (κ3) is 3.67. The number of pyridine rings is 1. The van der Waals surface area contributed by atoms with Crippen LogP contribution in [0.15, 0.2) is 72.9 Å². The van der Waals surface area contributed by atoms with Crippen molar-refractivity contribution < 1.29 is 10.2 Å². The van der Waals surface area contributed by atoms with Gasteiger partial charge in [0.25, 0.3) is 0 Å². The second-order valence-electron chi connectivity index (χ2n) is 8.28. The number of benzene rings is 2. The van der Waals surface area contributed by atoms with Gasteiger partial charge in [0, 0.05) is 22.6 Å². The highest BCUT2D eigenvalue weighted by Crippen LogP contribution is 2.46. The zero-order valence-corrected chi connectivity index (χ0v) is 20.2. The number of aromatic hydroxyl groups is 2. The van der Waals surface area contributed by atoms with E-state index in [1.54, 1.807) is 36.5 Å². The predicted molar refractivity (Wildman–Crippen MR) is 138 cm³/mol. The fraction of sp³-hybridized carbons (Fsp3) is 0.154. The van der Waals surface area contributed by atoms with Crippen LogP contribution in [0, 0.1) is 13.8 Å². The average molecular weight is 491 g/mol. The van der Waals surface area contributed by atoms with E-state index in [1.807, 2.05) is 53.6 Å². The summed E-state index contributed by atoms with van der Waals surface area (Å²) in [7, 11) is 0. The van der Waals surface area contributed by atoms with E-state index in [9.17, 15) is 10.2 Å². The first-order chi connectivity index (χ1) is 16.4. The number of para-hydroxylation sites is 2. The highest BCUT2D eigenvalue weighted by atomic mass is 35.5. The summed E-state index contributed by atoms with van der Waals surface area (Å²) >= 11 is 12.0. The van der Waals surface area contributed by atoms with Gasteiger partial charge < -0.3 is 25.0 Å². The molecule has 0 aliphatic carbocycles. The summed E-state index contributed by atoms with van der Waals surface area (Å²) in [6, 6.07) is 19.5. The van der Waals surface area contributed by atoms with Crippen LogP contribution in [-0.4, -0.2) is 24.9 Å². The Morgan fingerprint density at radius 1 is 0.941 bits per heavy atom. The normalized spacial score (nSPS) is 17.7. The number of rotatable bonds is 4. The molecule has 0 radical (unpaired) electrons. The maximum atomic E-state index is 10.7. The van der Waals surface area contributed by atoms with Gasteiger partial charge in [0.05, 0.1) is 29.2 Å². The van der Waals surface area contributed by atoms with E-state index in [1.165, 1.54) is 0 Å². The summed E-state index contributed by atoms with van der Waals surface area (Å²) in [6.07, 6.45) is 1.76. The van der Waals surface area contributed by atoms with Crippen molar-refractivity contribution in [3.63, 3.8) is 0 Å². The minimum atomic E-state index is -0.294. The molecule has 0 bridgehead atoms. The van der Waals surface area contributed by atoms with Gasteiger partial charge in [-0.1, -0.05) is 29.8 Å². The molecule has 0 saturated carbocycles. The SMILES string of the molecule is Cc1cc(C2C(c3ccccn3)NC(=S)N2c2ccccc2O)c(C)n1-c1cc(Cl)ccc1O. The smallest absolute Gasteiger partial charge is 0.174 e. The van der Waals surface area contributed by atoms with Crippen molar-refractivity contribution >= 4 is 34.6 Å². The number of halogens is 1. The van der Waals surface area contributed by atoms with Crippen LogP contribution >= 0.6 is 23.8 Å². The van der Waals surface area contributed by atoms with Gasteiger partial charge in [-0.3, -0.25) is 4.98 Å². The average Bonchev–Trinajstić information content (AvgIpc) is 3.31. The lowest BCUT2D eigenvalue weighted by atomic mass is 9.96. The van der Waals surface area contributed by atoms with Crippen LogP contribution in [0.1, 0.15) is 34.7 Å². The van der Waals surface area contributed by atoms with Crippen molar-refractivity contribution in [3.8, 4) is 17.2 Å². The molecule has 8 heteroatoms. The Bertz CT molecular complexity index is 1390. The van der Waals surface area contributed by atoms with Crippen molar-refractivity contribution in [1.82, 2.24) is 14.9 Å². The first-order valence-corrected chi connectivity index (χ1v) is 11.6. The molecule has 0 spiro atoms. The molecule has 1 aliphatic heterocycles. The second kappa shape index (κ2) is 8.66. The molecule has 5 rings (SSSR count). The molecule has 172 valence electrons. The molecule has 3 N–H and O–H groups in total. The van der Waals surface area contributed by atoms with Crippen LogP contribution in [0.5, 0.6) is 11.5 Å². The zero-order valence-electron chi connectivity index (χ0n) is 18.6. The number of thiocarbonyl (C=S) groups is 1. The zero-order chi connectivity index (χ0) is 24.0. The van der Waals surface area contributed by atoms with Crippen LogP contribution in [0.4, 0.5) is 5.69 Å². The van der Waals surface area contributed by atoms with Gasteiger partial charge in [0.15, 0.2) is 5.11 Å². The fourth-order valence-electron chi connectivity index (χ4n) is 4.73. The molecule has 2 atom stereocenters. The quantitative estimate of drug-likeness (QED) is 0.317. The number of nitrogens with one attached hydrogen (secondary N) is 1. The lowest BCUT2D eigenvalue weighted by Crippen LogP contribution is -2.29. The number of aromatic nitrogens is 2. The minimum absolute atomic E-state index is 0.136. The number of hydrogen-bond acceptors (Lipinski definition) is 4. The van der Waals surface area contributed by atoms with Gasteiger partial charge >= 0.3 is 0 Å². The molecular formula is C26H23ClN4O2S. The molecular weight excluding hydrogens is 468 g/mol. The topological polar surface area (TPSA) is 73.5 Å². The van der Waals surface area contributed by atoms with Crippen LogP contribution < -0.4 is 10.2 Å². The largest absolute Gasteiger partial charge is 0.506 e. The highest BCUT2D eigenvalue weighted by Gasteiger charge is 2.43. The summed E-state index contributed by atoms with van der Waals surface area (Å²) in [5.41, 5.74) is 4.89. The van der Waals surface area contributed by atoms with E-state index in [0.717, 1.165) is 22.6 Å². The number of anilines is 1. The van der Waals surface area contributed by atoms with Crippen LogP contribution in [0.25, 0.3) is 5.69 Å². The van der Waals surface area contributed by atoms with Crippen molar-refractivity contribution in [2.75, 3.05) is 4.90 Å². The van der Waals surface area contributed by atoms with Gasteiger partial charge in [-0.2, -0.15) is 0 Å². The molecule has 4 aromatic rings. The molecule has 3 heterocycles. The maximum absolute atomic E-state index is 10.7. The molecule has 34 heavy (non-hydrogen) atoms. The molecule has 1 saturated heterocycles. The summed E-state index contributed by atoms with van der Waals surface area (Å²) in [5, 5.41) is 25.7. The molecule has 6 nitrogen and oxygen atoms in total. The predicted octanol–water partition coefficient (Wildman–Crippen LogP) is 5.73. The third-order valence-corrected chi connectivity index (χ3v) is 6.76. The maximum Gasteiger partial charge on any atom is 0.174 e. The van der Waals surface area contributed by atoms with Crippen molar-refractivity contribution in [1.29, 1.82) is 0 Å². The van der Waals surface area contributed by atoms with E-state index in [4.69, 9.17) is 23.8 Å². The second-order valence-corrected chi connectivity index (χ2v) is 9.10. The van der Waals surface area contributed by atoms with Crippen LogP contribution in [0.2, 0.25) is 5.02 Å². The summed E-state index contributed by atoms with van der Waals surface area (Å²) in [6.45, 7) is 3.99. The van der Waals surface area contributed by atoms with Crippen LogP contribution in [0.3, 0.4) is 0 Å². The highest BCUT2D eigenvalue weighted by molar-refractivity contribution is 7.80. The third-order valence-electron chi connectivity index (χ3n) is 6.21. The van der Waals surface area contributed by atoms with Gasteiger partial charge in [-0.15, -0.1) is 0 Å². The summed E-state index contributed by atoms with van der Waals surface area (Å²) in [5.74, 6) is 0.274. The Balaban J connectivity index is 1.72. The van der Waals surface area contributed by atoms with Gasteiger partial charge in [0.1, 0.15) is 11.5 Å². The van der Waals surface area contributed by atoms with Gasteiger partial charge in [-0.05, 0) is 80.2 Å². The Labute approximate surface area is 208 Å². The van der Waals surface area contributed by atoms with Gasteiger partial charge in [0.2, 0.25) is 0 Å².